The number of hydrogen-bond acceptors (Lipinski definition) is 6. The van der Waals surface area contributed by atoms with Crippen molar-refractivity contribution in [3.8, 4) is 11.4 Å². The highest BCUT2D eigenvalue weighted by molar-refractivity contribution is 7.88. The topological polar surface area (TPSA) is 113 Å². The molecule has 0 radical (unpaired) electrons. The van der Waals surface area contributed by atoms with Crippen molar-refractivity contribution in [3.63, 3.8) is 0 Å². The number of aromatic amines is 1. The van der Waals surface area contributed by atoms with E-state index in [0.29, 0.717) is 17.9 Å². The fourth-order valence-electron chi connectivity index (χ4n) is 3.63. The highest BCUT2D eigenvalue weighted by atomic mass is 32.2. The number of halogens is 1. The van der Waals surface area contributed by atoms with Crippen LogP contribution in [0.4, 0.5) is 10.2 Å². The Labute approximate surface area is 162 Å². The van der Waals surface area contributed by atoms with Gasteiger partial charge in [0.25, 0.3) is 0 Å². The van der Waals surface area contributed by atoms with Crippen LogP contribution in [0.15, 0.2) is 30.7 Å². The lowest BCUT2D eigenvalue weighted by Gasteiger charge is -2.32. The third-order valence-electron chi connectivity index (χ3n) is 4.89. The number of aromatic nitrogens is 4. The molecule has 10 heteroatoms. The van der Waals surface area contributed by atoms with Crippen molar-refractivity contribution in [1.82, 2.24) is 24.7 Å². The van der Waals surface area contributed by atoms with E-state index in [2.05, 4.69) is 30.0 Å². The Hall–Kier alpha value is -2.59. The van der Waals surface area contributed by atoms with E-state index in [1.54, 1.807) is 12.4 Å². The van der Waals surface area contributed by atoms with Crippen molar-refractivity contribution < 1.29 is 12.8 Å². The number of fused-ring (bicyclic) bond motifs is 1. The number of sulfonamides is 1. The summed E-state index contributed by atoms with van der Waals surface area (Å²) in [5.74, 6) is -0.146. The molecule has 1 aliphatic rings. The van der Waals surface area contributed by atoms with E-state index in [1.165, 1.54) is 0 Å². The zero-order chi connectivity index (χ0) is 19.7. The second-order valence-corrected chi connectivity index (χ2v) is 8.80. The van der Waals surface area contributed by atoms with Gasteiger partial charge in [-0.25, -0.2) is 32.5 Å². The Morgan fingerprint density at radius 1 is 1.21 bits per heavy atom. The first kappa shape index (κ1) is 18.8. The molecule has 1 saturated carbocycles. The van der Waals surface area contributed by atoms with Crippen LogP contribution in [0.3, 0.4) is 0 Å². The Bertz CT molecular complexity index is 1100. The summed E-state index contributed by atoms with van der Waals surface area (Å²) in [7, 11) is -3.35. The minimum Gasteiger partial charge on any atom is -0.363 e. The molecule has 0 bridgehead atoms. The van der Waals surface area contributed by atoms with Crippen molar-refractivity contribution >= 4 is 26.9 Å². The predicted molar refractivity (Wildman–Crippen MR) is 105 cm³/mol. The molecule has 3 aromatic rings. The van der Waals surface area contributed by atoms with Crippen molar-refractivity contribution in [2.45, 2.75) is 37.8 Å². The Balaban J connectivity index is 1.64. The summed E-state index contributed by atoms with van der Waals surface area (Å²) in [6, 6.07) is 3.15. The van der Waals surface area contributed by atoms with E-state index in [0.717, 1.165) is 42.7 Å². The maximum atomic E-state index is 14.4. The van der Waals surface area contributed by atoms with Gasteiger partial charge in [-0.2, -0.15) is 0 Å². The van der Waals surface area contributed by atoms with Gasteiger partial charge in [0, 0.05) is 35.4 Å². The zero-order valence-electron chi connectivity index (χ0n) is 15.3. The van der Waals surface area contributed by atoms with Gasteiger partial charge in [-0.05, 0) is 25.0 Å². The quantitative estimate of drug-likeness (QED) is 0.602. The molecule has 1 unspecified atom stereocenters. The highest BCUT2D eigenvalue weighted by Gasteiger charge is 2.28. The molecule has 0 aliphatic heterocycles. The van der Waals surface area contributed by atoms with Crippen LogP contribution in [-0.4, -0.2) is 46.7 Å². The number of anilines is 1. The highest BCUT2D eigenvalue weighted by Crippen LogP contribution is 2.28. The van der Waals surface area contributed by atoms with Crippen LogP contribution < -0.4 is 10.0 Å². The van der Waals surface area contributed by atoms with E-state index in [-0.39, 0.29) is 17.9 Å². The minimum atomic E-state index is -3.35. The molecule has 2 atom stereocenters. The summed E-state index contributed by atoms with van der Waals surface area (Å²) in [6.45, 7) is 0. The fraction of sp³-hybridized carbons (Fsp3) is 0.389. The minimum absolute atomic E-state index is 0.0652. The van der Waals surface area contributed by atoms with Crippen molar-refractivity contribution in [1.29, 1.82) is 0 Å². The van der Waals surface area contributed by atoms with Gasteiger partial charge >= 0.3 is 0 Å². The number of H-pyrrole nitrogens is 1. The second-order valence-electron chi connectivity index (χ2n) is 7.02. The van der Waals surface area contributed by atoms with Gasteiger partial charge < -0.3 is 10.3 Å². The Morgan fingerprint density at radius 2 is 2.00 bits per heavy atom. The van der Waals surface area contributed by atoms with E-state index < -0.39 is 15.8 Å². The molecule has 0 saturated heterocycles. The molecule has 28 heavy (non-hydrogen) atoms. The third kappa shape index (κ3) is 3.97. The van der Waals surface area contributed by atoms with Crippen LogP contribution >= 0.6 is 0 Å². The van der Waals surface area contributed by atoms with E-state index >= 15 is 0 Å². The summed E-state index contributed by atoms with van der Waals surface area (Å²) in [5, 5.41) is 3.94. The zero-order valence-corrected chi connectivity index (χ0v) is 16.1. The molecule has 8 nitrogen and oxygen atoms in total. The third-order valence-corrected chi connectivity index (χ3v) is 5.62. The summed E-state index contributed by atoms with van der Waals surface area (Å²) in [4.78, 5) is 15.8. The number of nitrogens with zero attached hydrogens (tertiary/aromatic N) is 3. The van der Waals surface area contributed by atoms with E-state index in [1.807, 2.05) is 12.1 Å². The van der Waals surface area contributed by atoms with E-state index in [4.69, 9.17) is 0 Å². The van der Waals surface area contributed by atoms with Crippen LogP contribution in [0.25, 0.3) is 22.4 Å². The van der Waals surface area contributed by atoms with Crippen LogP contribution in [0.1, 0.15) is 25.7 Å². The normalized spacial score (nSPS) is 20.4. The molecule has 0 spiro atoms. The summed E-state index contributed by atoms with van der Waals surface area (Å²) in [6.07, 6.45) is 8.96. The van der Waals surface area contributed by atoms with Crippen molar-refractivity contribution in [3.05, 3.63) is 36.5 Å². The van der Waals surface area contributed by atoms with Gasteiger partial charge in [-0.3, -0.25) is 0 Å². The number of pyridine rings is 1. The summed E-state index contributed by atoms with van der Waals surface area (Å²) in [5.41, 5.74) is 1.42. The molecule has 3 aromatic heterocycles. The first-order valence-corrected chi connectivity index (χ1v) is 11.0. The smallest absolute Gasteiger partial charge is 0.209 e. The lowest BCUT2D eigenvalue weighted by molar-refractivity contribution is 0.377. The predicted octanol–water partition coefficient (Wildman–Crippen LogP) is 2.43. The van der Waals surface area contributed by atoms with Gasteiger partial charge in [0.1, 0.15) is 5.65 Å². The lowest BCUT2D eigenvalue weighted by atomic mass is 9.91. The van der Waals surface area contributed by atoms with Gasteiger partial charge in [0.2, 0.25) is 10.0 Å². The molecule has 3 N–H and O–H groups in total. The van der Waals surface area contributed by atoms with Gasteiger partial charge in [0.15, 0.2) is 17.5 Å². The molecule has 0 aromatic carbocycles. The monoisotopic (exact) mass is 404 g/mol. The Kier molecular flexibility index (Phi) is 4.98. The maximum Gasteiger partial charge on any atom is 0.209 e. The average molecular weight is 404 g/mol. The summed E-state index contributed by atoms with van der Waals surface area (Å²) < 4.78 is 40.3. The lowest BCUT2D eigenvalue weighted by Crippen LogP contribution is -2.48. The number of rotatable bonds is 5. The fourth-order valence-corrected chi connectivity index (χ4v) is 4.47. The molecule has 1 aliphatic carbocycles. The molecule has 0 amide bonds. The molecule has 3 heterocycles. The van der Waals surface area contributed by atoms with Gasteiger partial charge in [0.05, 0.1) is 12.5 Å². The van der Waals surface area contributed by atoms with Crippen LogP contribution in [0, 0.1) is 5.82 Å². The van der Waals surface area contributed by atoms with E-state index in [9.17, 15) is 12.8 Å². The van der Waals surface area contributed by atoms with Crippen molar-refractivity contribution in [2.24, 2.45) is 0 Å². The first-order valence-electron chi connectivity index (χ1n) is 9.09. The van der Waals surface area contributed by atoms with Crippen LogP contribution in [0.5, 0.6) is 0 Å². The average Bonchev–Trinajstić information content (AvgIpc) is 3.08. The van der Waals surface area contributed by atoms with Gasteiger partial charge in [-0.1, -0.05) is 12.8 Å². The van der Waals surface area contributed by atoms with Crippen LogP contribution in [-0.2, 0) is 10.0 Å². The standard InChI is InChI=1S/C18H21FN6O2S/c1-28(26,27)25-15-7-3-2-6-14(15)23-18-13(19)10-22-17(24-18)12-9-21-16-11(12)5-4-8-20-16/h4-5,8-10,14-15,25H,2-3,6-7H2,1H3,(H,20,21)(H,22,23,24)/t14-,15?/m1/s1. The first-order chi connectivity index (χ1) is 13.4. The second kappa shape index (κ2) is 7.44. The largest absolute Gasteiger partial charge is 0.363 e. The van der Waals surface area contributed by atoms with Crippen molar-refractivity contribution in [2.75, 3.05) is 11.6 Å². The molecule has 148 valence electrons. The molecule has 4 rings (SSSR count). The molecular formula is C18H21FN6O2S. The Morgan fingerprint density at radius 3 is 2.79 bits per heavy atom. The molecule has 1 fully saturated rings. The number of nitrogens with one attached hydrogen (secondary N) is 3. The maximum absolute atomic E-state index is 14.4. The number of hydrogen-bond donors (Lipinski definition) is 3. The molecular weight excluding hydrogens is 383 g/mol. The SMILES string of the molecule is CS(=O)(=O)NC1CCCC[C@H]1Nc1nc(-c2c[nH]c3ncccc23)ncc1F. The van der Waals surface area contributed by atoms with Crippen LogP contribution in [0.2, 0.25) is 0 Å². The van der Waals surface area contributed by atoms with Gasteiger partial charge in [-0.15, -0.1) is 0 Å². The summed E-state index contributed by atoms with van der Waals surface area (Å²) >= 11 is 0.